The van der Waals surface area contributed by atoms with Crippen molar-refractivity contribution >= 4 is 5.91 Å². The summed E-state index contributed by atoms with van der Waals surface area (Å²) in [5.74, 6) is 1.39. The van der Waals surface area contributed by atoms with E-state index in [1.54, 1.807) is 6.92 Å². The topological polar surface area (TPSA) is 70.7 Å². The lowest BCUT2D eigenvalue weighted by atomic mass is 9.85. The van der Waals surface area contributed by atoms with Crippen LogP contribution >= 0.6 is 0 Å². The largest absolute Gasteiger partial charge is 0.349 e. The molecule has 76 valence electrons. The minimum Gasteiger partial charge on any atom is -0.349 e. The van der Waals surface area contributed by atoms with Crippen molar-refractivity contribution in [1.82, 2.24) is 20.5 Å². The number of aryl methyl sites for hydroxylation is 1. The van der Waals surface area contributed by atoms with E-state index >= 15 is 0 Å². The van der Waals surface area contributed by atoms with E-state index in [0.717, 1.165) is 6.54 Å². The highest BCUT2D eigenvalue weighted by Gasteiger charge is 2.19. The van der Waals surface area contributed by atoms with Crippen molar-refractivity contribution in [2.75, 3.05) is 6.54 Å². The Bertz CT molecular complexity index is 329. The molecule has 1 saturated carbocycles. The number of carbonyl (C=O) groups is 1. The highest BCUT2D eigenvalue weighted by atomic mass is 16.2. The van der Waals surface area contributed by atoms with Gasteiger partial charge in [-0.05, 0) is 25.7 Å². The van der Waals surface area contributed by atoms with Crippen LogP contribution in [-0.4, -0.2) is 27.6 Å². The first-order valence-electron chi connectivity index (χ1n) is 4.93. The van der Waals surface area contributed by atoms with Crippen LogP contribution < -0.4 is 5.32 Å². The van der Waals surface area contributed by atoms with Gasteiger partial charge in [-0.2, -0.15) is 0 Å². The Morgan fingerprint density at radius 3 is 2.93 bits per heavy atom. The van der Waals surface area contributed by atoms with Gasteiger partial charge in [-0.3, -0.25) is 9.89 Å². The molecule has 1 fully saturated rings. The number of nitrogens with zero attached hydrogens (tertiary/aromatic N) is 2. The third-order valence-corrected chi connectivity index (χ3v) is 2.58. The molecular formula is C9H14N4O. The minimum atomic E-state index is -0.179. The van der Waals surface area contributed by atoms with Crippen molar-refractivity contribution in [3.05, 3.63) is 11.6 Å². The number of amides is 1. The number of aromatic nitrogens is 3. The molecule has 1 aromatic heterocycles. The molecule has 1 aliphatic carbocycles. The molecule has 1 heterocycles. The third-order valence-electron chi connectivity index (χ3n) is 2.58. The Hall–Kier alpha value is -1.39. The predicted octanol–water partition coefficient (Wildman–Crippen LogP) is 0.643. The molecule has 2 N–H and O–H groups in total. The molecule has 1 amide bonds. The summed E-state index contributed by atoms with van der Waals surface area (Å²) in [5, 5.41) is 9.26. The normalized spacial score (nSPS) is 16.4. The maximum Gasteiger partial charge on any atom is 0.290 e. The van der Waals surface area contributed by atoms with Crippen molar-refractivity contribution in [2.45, 2.75) is 26.2 Å². The molecule has 0 radical (unpaired) electrons. The van der Waals surface area contributed by atoms with Gasteiger partial charge in [0.2, 0.25) is 5.82 Å². The quantitative estimate of drug-likeness (QED) is 0.742. The first kappa shape index (κ1) is 9.18. The number of aromatic amines is 1. The number of hydrogen-bond acceptors (Lipinski definition) is 3. The van der Waals surface area contributed by atoms with E-state index < -0.39 is 0 Å². The van der Waals surface area contributed by atoms with Crippen LogP contribution in [0.2, 0.25) is 0 Å². The molecule has 0 saturated heterocycles. The predicted molar refractivity (Wildman–Crippen MR) is 50.8 cm³/mol. The van der Waals surface area contributed by atoms with Crippen molar-refractivity contribution in [1.29, 1.82) is 0 Å². The number of rotatable bonds is 3. The highest BCUT2D eigenvalue weighted by molar-refractivity contribution is 5.90. The first-order chi connectivity index (χ1) is 6.75. The van der Waals surface area contributed by atoms with Crippen LogP contribution in [0.4, 0.5) is 0 Å². The average Bonchev–Trinajstić information content (AvgIpc) is 2.49. The zero-order valence-electron chi connectivity index (χ0n) is 8.21. The summed E-state index contributed by atoms with van der Waals surface area (Å²) in [6, 6.07) is 0. The Labute approximate surface area is 82.3 Å². The van der Waals surface area contributed by atoms with Gasteiger partial charge in [0, 0.05) is 6.54 Å². The summed E-state index contributed by atoms with van der Waals surface area (Å²) >= 11 is 0. The lowest BCUT2D eigenvalue weighted by molar-refractivity contribution is 0.0929. The summed E-state index contributed by atoms with van der Waals surface area (Å²) in [6.07, 6.45) is 3.75. The van der Waals surface area contributed by atoms with Crippen LogP contribution in [0.25, 0.3) is 0 Å². The van der Waals surface area contributed by atoms with E-state index in [0.29, 0.717) is 11.7 Å². The zero-order chi connectivity index (χ0) is 9.97. The third kappa shape index (κ3) is 1.92. The molecule has 0 aliphatic heterocycles. The highest BCUT2D eigenvalue weighted by Crippen LogP contribution is 2.25. The van der Waals surface area contributed by atoms with Gasteiger partial charge in [-0.15, -0.1) is 5.10 Å². The minimum absolute atomic E-state index is 0.179. The smallest absolute Gasteiger partial charge is 0.290 e. The Morgan fingerprint density at radius 1 is 1.64 bits per heavy atom. The Kier molecular flexibility index (Phi) is 2.47. The fraction of sp³-hybridized carbons (Fsp3) is 0.667. The van der Waals surface area contributed by atoms with Crippen LogP contribution in [0.3, 0.4) is 0 Å². The summed E-state index contributed by atoms with van der Waals surface area (Å²) < 4.78 is 0. The van der Waals surface area contributed by atoms with Crippen LogP contribution in [-0.2, 0) is 0 Å². The van der Waals surface area contributed by atoms with Crippen molar-refractivity contribution < 1.29 is 4.79 Å². The molecular weight excluding hydrogens is 180 g/mol. The van der Waals surface area contributed by atoms with Crippen LogP contribution in [0.1, 0.15) is 35.7 Å². The summed E-state index contributed by atoms with van der Waals surface area (Å²) in [7, 11) is 0. The molecule has 0 atom stereocenters. The second-order valence-electron chi connectivity index (χ2n) is 3.75. The molecule has 14 heavy (non-hydrogen) atoms. The average molecular weight is 194 g/mol. The van der Waals surface area contributed by atoms with Gasteiger partial charge in [-0.25, -0.2) is 4.98 Å². The molecule has 1 aromatic rings. The Balaban J connectivity index is 1.82. The molecule has 5 heteroatoms. The van der Waals surface area contributed by atoms with Gasteiger partial charge in [0.25, 0.3) is 5.91 Å². The monoisotopic (exact) mass is 194 g/mol. The molecule has 0 unspecified atom stereocenters. The van der Waals surface area contributed by atoms with Gasteiger partial charge < -0.3 is 5.32 Å². The number of H-pyrrole nitrogens is 1. The van der Waals surface area contributed by atoms with Crippen molar-refractivity contribution in [3.8, 4) is 0 Å². The molecule has 1 aliphatic rings. The van der Waals surface area contributed by atoms with Crippen molar-refractivity contribution in [2.24, 2.45) is 5.92 Å². The molecule has 0 aromatic carbocycles. The van der Waals surface area contributed by atoms with E-state index in [-0.39, 0.29) is 11.7 Å². The molecule has 5 nitrogen and oxygen atoms in total. The maximum atomic E-state index is 11.4. The van der Waals surface area contributed by atoms with Gasteiger partial charge in [-0.1, -0.05) is 6.42 Å². The second-order valence-corrected chi connectivity index (χ2v) is 3.75. The SMILES string of the molecule is Cc1nc(C(=O)NCC2CCC2)n[nH]1. The van der Waals surface area contributed by atoms with Crippen LogP contribution in [0, 0.1) is 12.8 Å². The Morgan fingerprint density at radius 2 is 2.43 bits per heavy atom. The van der Waals surface area contributed by atoms with Gasteiger partial charge >= 0.3 is 0 Å². The van der Waals surface area contributed by atoms with Gasteiger partial charge in [0.15, 0.2) is 0 Å². The number of carbonyl (C=O) groups excluding carboxylic acids is 1. The number of hydrogen-bond donors (Lipinski definition) is 2. The van der Waals surface area contributed by atoms with E-state index in [4.69, 9.17) is 0 Å². The summed E-state index contributed by atoms with van der Waals surface area (Å²) in [4.78, 5) is 15.4. The van der Waals surface area contributed by atoms with E-state index in [2.05, 4.69) is 20.5 Å². The summed E-state index contributed by atoms with van der Waals surface area (Å²) in [5.41, 5.74) is 0. The number of nitrogens with one attached hydrogen (secondary N) is 2. The standard InChI is InChI=1S/C9H14N4O/c1-6-11-8(13-12-6)9(14)10-5-7-3-2-4-7/h7H,2-5H2,1H3,(H,10,14)(H,11,12,13). The van der Waals surface area contributed by atoms with E-state index in [9.17, 15) is 4.79 Å². The second kappa shape index (κ2) is 3.77. The van der Waals surface area contributed by atoms with E-state index in [1.807, 2.05) is 0 Å². The van der Waals surface area contributed by atoms with Gasteiger partial charge in [0.1, 0.15) is 5.82 Å². The molecule has 2 rings (SSSR count). The lowest BCUT2D eigenvalue weighted by Crippen LogP contribution is -2.32. The lowest BCUT2D eigenvalue weighted by Gasteiger charge is -2.24. The molecule has 0 spiro atoms. The zero-order valence-corrected chi connectivity index (χ0v) is 8.21. The van der Waals surface area contributed by atoms with Crippen LogP contribution in [0.15, 0.2) is 0 Å². The van der Waals surface area contributed by atoms with Gasteiger partial charge in [0.05, 0.1) is 0 Å². The van der Waals surface area contributed by atoms with Crippen molar-refractivity contribution in [3.63, 3.8) is 0 Å². The molecule has 0 bridgehead atoms. The van der Waals surface area contributed by atoms with Crippen LogP contribution in [0.5, 0.6) is 0 Å². The maximum absolute atomic E-state index is 11.4. The fourth-order valence-corrected chi connectivity index (χ4v) is 1.46. The summed E-state index contributed by atoms with van der Waals surface area (Å²) in [6.45, 7) is 2.53. The fourth-order valence-electron chi connectivity index (χ4n) is 1.46. The first-order valence-corrected chi connectivity index (χ1v) is 4.93. The van der Waals surface area contributed by atoms with E-state index in [1.165, 1.54) is 19.3 Å².